The molecule has 19 heavy (non-hydrogen) atoms. The Morgan fingerprint density at radius 1 is 1.11 bits per heavy atom. The minimum absolute atomic E-state index is 0.0480. The Kier molecular flexibility index (Phi) is 4.25. The van der Waals surface area contributed by atoms with Gasteiger partial charge in [0, 0.05) is 24.1 Å². The molecule has 3 heteroatoms. The molecule has 2 aliphatic rings. The van der Waals surface area contributed by atoms with Gasteiger partial charge in [-0.3, -0.25) is 0 Å². The van der Waals surface area contributed by atoms with Crippen molar-refractivity contribution in [2.45, 2.75) is 37.7 Å². The molecule has 104 valence electrons. The van der Waals surface area contributed by atoms with Crippen molar-refractivity contribution in [3.63, 3.8) is 0 Å². The SMILES string of the molecule is OC1CCN(CC2CC(c3ccc(Br)cc3)C2)CC1. The molecule has 0 spiro atoms. The van der Waals surface area contributed by atoms with Gasteiger partial charge in [-0.25, -0.2) is 0 Å². The summed E-state index contributed by atoms with van der Waals surface area (Å²) in [6.07, 6.45) is 4.54. The minimum atomic E-state index is -0.0480. The predicted molar refractivity (Wildman–Crippen MR) is 81.3 cm³/mol. The van der Waals surface area contributed by atoms with E-state index in [1.165, 1.54) is 29.4 Å². The molecule has 1 saturated heterocycles. The lowest BCUT2D eigenvalue weighted by Crippen LogP contribution is -2.41. The molecular formula is C16H22BrNO. The number of nitrogens with zero attached hydrogens (tertiary/aromatic N) is 1. The number of hydrogen-bond donors (Lipinski definition) is 1. The van der Waals surface area contributed by atoms with Crippen LogP contribution in [-0.2, 0) is 0 Å². The number of rotatable bonds is 3. The van der Waals surface area contributed by atoms with Crippen molar-refractivity contribution in [3.05, 3.63) is 34.3 Å². The standard InChI is InChI=1S/C16H22BrNO/c17-15-3-1-13(2-4-15)14-9-12(10-14)11-18-7-5-16(19)6-8-18/h1-4,12,14,16,19H,5-11H2. The van der Waals surface area contributed by atoms with Crippen LogP contribution in [0.1, 0.15) is 37.2 Å². The van der Waals surface area contributed by atoms with E-state index >= 15 is 0 Å². The van der Waals surface area contributed by atoms with Gasteiger partial charge in [0.05, 0.1) is 6.10 Å². The van der Waals surface area contributed by atoms with E-state index < -0.39 is 0 Å². The number of likely N-dealkylation sites (tertiary alicyclic amines) is 1. The first-order valence-electron chi connectivity index (χ1n) is 7.36. The monoisotopic (exact) mass is 323 g/mol. The number of hydrogen-bond acceptors (Lipinski definition) is 2. The van der Waals surface area contributed by atoms with E-state index in [4.69, 9.17) is 0 Å². The highest BCUT2D eigenvalue weighted by molar-refractivity contribution is 9.10. The molecule has 0 radical (unpaired) electrons. The van der Waals surface area contributed by atoms with Crippen LogP contribution in [0.15, 0.2) is 28.7 Å². The van der Waals surface area contributed by atoms with Crippen LogP contribution in [0.5, 0.6) is 0 Å². The Morgan fingerprint density at radius 3 is 2.37 bits per heavy atom. The van der Waals surface area contributed by atoms with Crippen molar-refractivity contribution in [1.82, 2.24) is 4.90 Å². The average Bonchev–Trinajstić information content (AvgIpc) is 2.37. The maximum absolute atomic E-state index is 9.51. The summed E-state index contributed by atoms with van der Waals surface area (Å²) in [6.45, 7) is 3.40. The van der Waals surface area contributed by atoms with Crippen molar-refractivity contribution >= 4 is 15.9 Å². The zero-order valence-electron chi connectivity index (χ0n) is 11.3. The summed E-state index contributed by atoms with van der Waals surface area (Å²) in [5.41, 5.74) is 1.49. The third-order valence-electron chi connectivity index (χ3n) is 4.65. The molecular weight excluding hydrogens is 302 g/mol. The smallest absolute Gasteiger partial charge is 0.0564 e. The van der Waals surface area contributed by atoms with Crippen LogP contribution in [0.3, 0.4) is 0 Å². The maximum atomic E-state index is 9.51. The number of halogens is 1. The average molecular weight is 324 g/mol. The molecule has 1 heterocycles. The molecule has 1 aliphatic carbocycles. The van der Waals surface area contributed by atoms with Gasteiger partial charge in [0.15, 0.2) is 0 Å². The molecule has 1 N–H and O–H groups in total. The topological polar surface area (TPSA) is 23.5 Å². The lowest BCUT2D eigenvalue weighted by molar-refractivity contribution is 0.0627. The maximum Gasteiger partial charge on any atom is 0.0564 e. The largest absolute Gasteiger partial charge is 0.393 e. The van der Waals surface area contributed by atoms with Gasteiger partial charge in [-0.05, 0) is 55.2 Å². The van der Waals surface area contributed by atoms with Crippen LogP contribution in [0.25, 0.3) is 0 Å². The Bertz CT molecular complexity index is 405. The highest BCUT2D eigenvalue weighted by atomic mass is 79.9. The van der Waals surface area contributed by atoms with E-state index in [0.29, 0.717) is 0 Å². The summed E-state index contributed by atoms with van der Waals surface area (Å²) in [7, 11) is 0. The molecule has 2 nitrogen and oxygen atoms in total. The molecule has 1 aliphatic heterocycles. The summed E-state index contributed by atoms with van der Waals surface area (Å²) >= 11 is 3.49. The highest BCUT2D eigenvalue weighted by Gasteiger charge is 2.32. The fourth-order valence-corrected chi connectivity index (χ4v) is 3.62. The number of aliphatic hydroxyl groups is 1. The second kappa shape index (κ2) is 5.94. The molecule has 0 unspecified atom stereocenters. The molecule has 3 rings (SSSR count). The number of piperidine rings is 1. The molecule has 1 aromatic rings. The van der Waals surface area contributed by atoms with Crippen molar-refractivity contribution in [2.75, 3.05) is 19.6 Å². The van der Waals surface area contributed by atoms with Gasteiger partial charge in [-0.15, -0.1) is 0 Å². The van der Waals surface area contributed by atoms with Crippen LogP contribution in [0, 0.1) is 5.92 Å². The first-order chi connectivity index (χ1) is 9.20. The van der Waals surface area contributed by atoms with Crippen molar-refractivity contribution < 1.29 is 5.11 Å². The van der Waals surface area contributed by atoms with Gasteiger partial charge < -0.3 is 10.0 Å². The molecule has 1 saturated carbocycles. The molecule has 2 fully saturated rings. The lowest BCUT2D eigenvalue weighted by Gasteiger charge is -2.40. The van der Waals surface area contributed by atoms with E-state index in [1.54, 1.807) is 0 Å². The predicted octanol–water partition coefficient (Wildman–Crippen LogP) is 3.40. The zero-order chi connectivity index (χ0) is 13.2. The van der Waals surface area contributed by atoms with Crippen LogP contribution >= 0.6 is 15.9 Å². The summed E-state index contributed by atoms with van der Waals surface area (Å²) in [6, 6.07) is 8.80. The quantitative estimate of drug-likeness (QED) is 0.921. The van der Waals surface area contributed by atoms with E-state index in [9.17, 15) is 5.11 Å². The Morgan fingerprint density at radius 2 is 1.74 bits per heavy atom. The van der Waals surface area contributed by atoms with Gasteiger partial charge in [-0.1, -0.05) is 28.1 Å². The van der Waals surface area contributed by atoms with Crippen LogP contribution in [-0.4, -0.2) is 35.7 Å². The van der Waals surface area contributed by atoms with Crippen molar-refractivity contribution in [2.24, 2.45) is 5.92 Å². The fourth-order valence-electron chi connectivity index (χ4n) is 3.36. The highest BCUT2D eigenvalue weighted by Crippen LogP contribution is 2.42. The zero-order valence-corrected chi connectivity index (χ0v) is 12.8. The Hall–Kier alpha value is -0.380. The summed E-state index contributed by atoms with van der Waals surface area (Å²) in [4.78, 5) is 2.54. The lowest BCUT2D eigenvalue weighted by atomic mass is 9.71. The molecule has 0 bridgehead atoms. The van der Waals surface area contributed by atoms with Crippen molar-refractivity contribution in [3.8, 4) is 0 Å². The second-order valence-corrected chi connectivity index (χ2v) is 7.03. The molecule has 0 amide bonds. The Balaban J connectivity index is 1.44. The minimum Gasteiger partial charge on any atom is -0.393 e. The van der Waals surface area contributed by atoms with Crippen LogP contribution in [0.2, 0.25) is 0 Å². The van der Waals surface area contributed by atoms with E-state index in [-0.39, 0.29) is 6.10 Å². The van der Waals surface area contributed by atoms with Crippen LogP contribution < -0.4 is 0 Å². The van der Waals surface area contributed by atoms with E-state index in [2.05, 4.69) is 45.1 Å². The third kappa shape index (κ3) is 3.39. The first-order valence-corrected chi connectivity index (χ1v) is 8.16. The van der Waals surface area contributed by atoms with Gasteiger partial charge in [0.2, 0.25) is 0 Å². The number of aliphatic hydroxyl groups excluding tert-OH is 1. The summed E-state index contributed by atoms with van der Waals surface area (Å²) in [5, 5.41) is 9.51. The molecule has 1 aromatic carbocycles. The van der Waals surface area contributed by atoms with Gasteiger partial charge in [-0.2, -0.15) is 0 Å². The fraction of sp³-hybridized carbons (Fsp3) is 0.625. The summed E-state index contributed by atoms with van der Waals surface area (Å²) in [5.74, 6) is 1.64. The first kappa shape index (κ1) is 13.6. The van der Waals surface area contributed by atoms with Gasteiger partial charge in [0.25, 0.3) is 0 Å². The normalized spacial score (nSPS) is 29.2. The molecule has 0 aromatic heterocycles. The second-order valence-electron chi connectivity index (χ2n) is 6.12. The van der Waals surface area contributed by atoms with Crippen LogP contribution in [0.4, 0.5) is 0 Å². The van der Waals surface area contributed by atoms with Gasteiger partial charge >= 0.3 is 0 Å². The summed E-state index contributed by atoms with van der Waals surface area (Å²) < 4.78 is 1.17. The Labute approximate surface area is 123 Å². The van der Waals surface area contributed by atoms with Gasteiger partial charge in [0.1, 0.15) is 0 Å². The van der Waals surface area contributed by atoms with Crippen molar-refractivity contribution in [1.29, 1.82) is 0 Å². The number of benzene rings is 1. The van der Waals surface area contributed by atoms with E-state index in [1.807, 2.05) is 0 Å². The third-order valence-corrected chi connectivity index (χ3v) is 5.18. The molecule has 0 atom stereocenters. The van der Waals surface area contributed by atoms with E-state index in [0.717, 1.165) is 37.8 Å².